The molecule has 1 fully saturated rings. The van der Waals surface area contributed by atoms with E-state index >= 15 is 0 Å². The summed E-state index contributed by atoms with van der Waals surface area (Å²) in [5, 5.41) is 21.5. The zero-order valence-electron chi connectivity index (χ0n) is 13.0. The van der Waals surface area contributed by atoms with Gasteiger partial charge in [-0.25, -0.2) is 4.99 Å². The first kappa shape index (κ1) is 17.5. The molecule has 1 atom stereocenters. The van der Waals surface area contributed by atoms with Crippen LogP contribution in [0.3, 0.4) is 0 Å². The minimum Gasteiger partial charge on any atom is -0.391 e. The standard InChI is InChI=1S/C14H24N6O.HI/c1-2-15-14(19-8-6-11(21)10-19)16-9-13-18-17-12-5-3-4-7-20(12)13;/h11,21H,2-10H2,1H3,(H,15,16);1H/t11-;/m1./s1. The average molecular weight is 420 g/mol. The Morgan fingerprint density at radius 2 is 2.23 bits per heavy atom. The van der Waals surface area contributed by atoms with E-state index in [-0.39, 0.29) is 30.1 Å². The fourth-order valence-corrected chi connectivity index (χ4v) is 2.99. The molecular weight excluding hydrogens is 395 g/mol. The Morgan fingerprint density at radius 1 is 1.36 bits per heavy atom. The smallest absolute Gasteiger partial charge is 0.194 e. The number of fused-ring (bicyclic) bond motifs is 1. The Hall–Kier alpha value is -0.900. The van der Waals surface area contributed by atoms with Crippen molar-refractivity contribution in [2.45, 2.75) is 51.8 Å². The van der Waals surface area contributed by atoms with Gasteiger partial charge in [-0.15, -0.1) is 34.2 Å². The highest BCUT2D eigenvalue weighted by atomic mass is 127. The summed E-state index contributed by atoms with van der Waals surface area (Å²) in [6, 6.07) is 0. The Bertz CT molecular complexity index is 517. The second-order valence-electron chi connectivity index (χ2n) is 5.70. The SMILES string of the molecule is CCNC(=NCc1nnc2n1CCCC2)N1CC[C@@H](O)C1.I. The number of β-amino-alcohol motifs (C(OH)–C–C–N with tert-alkyl or cyclic N) is 1. The van der Waals surface area contributed by atoms with Crippen molar-refractivity contribution in [1.82, 2.24) is 25.0 Å². The zero-order valence-corrected chi connectivity index (χ0v) is 15.4. The monoisotopic (exact) mass is 420 g/mol. The molecule has 0 amide bonds. The lowest BCUT2D eigenvalue weighted by Gasteiger charge is -2.21. The average Bonchev–Trinajstić information content (AvgIpc) is 3.10. The Balaban J connectivity index is 0.00000176. The van der Waals surface area contributed by atoms with Gasteiger partial charge in [0.25, 0.3) is 0 Å². The number of nitrogens with zero attached hydrogens (tertiary/aromatic N) is 5. The van der Waals surface area contributed by atoms with Crippen LogP contribution < -0.4 is 5.32 Å². The van der Waals surface area contributed by atoms with Gasteiger partial charge in [-0.05, 0) is 26.2 Å². The maximum Gasteiger partial charge on any atom is 0.194 e. The van der Waals surface area contributed by atoms with E-state index in [0.717, 1.165) is 50.1 Å². The van der Waals surface area contributed by atoms with E-state index in [9.17, 15) is 5.11 Å². The van der Waals surface area contributed by atoms with Gasteiger partial charge in [0.15, 0.2) is 11.8 Å². The summed E-state index contributed by atoms with van der Waals surface area (Å²) in [7, 11) is 0. The van der Waals surface area contributed by atoms with Crippen LogP contribution in [0.2, 0.25) is 0 Å². The second-order valence-corrected chi connectivity index (χ2v) is 5.70. The number of hydrogen-bond donors (Lipinski definition) is 2. The number of hydrogen-bond acceptors (Lipinski definition) is 4. The summed E-state index contributed by atoms with van der Waals surface area (Å²) in [6.45, 7) is 5.94. The number of guanidine groups is 1. The molecule has 1 saturated heterocycles. The van der Waals surface area contributed by atoms with Gasteiger partial charge in [-0.2, -0.15) is 0 Å². The molecule has 0 unspecified atom stereocenters. The van der Waals surface area contributed by atoms with Gasteiger partial charge >= 0.3 is 0 Å². The van der Waals surface area contributed by atoms with Crippen LogP contribution in [-0.2, 0) is 19.5 Å². The zero-order chi connectivity index (χ0) is 14.7. The molecule has 0 radical (unpaired) electrons. The van der Waals surface area contributed by atoms with Gasteiger partial charge in [-0.1, -0.05) is 0 Å². The van der Waals surface area contributed by atoms with Gasteiger partial charge in [0.05, 0.1) is 6.10 Å². The second kappa shape index (κ2) is 8.09. The van der Waals surface area contributed by atoms with E-state index in [1.54, 1.807) is 0 Å². The summed E-state index contributed by atoms with van der Waals surface area (Å²) in [5.74, 6) is 2.90. The first-order chi connectivity index (χ1) is 10.3. The topological polar surface area (TPSA) is 78.6 Å². The maximum atomic E-state index is 9.68. The summed E-state index contributed by atoms with van der Waals surface area (Å²) in [6.07, 6.45) is 3.99. The van der Waals surface area contributed by atoms with Crippen molar-refractivity contribution >= 4 is 29.9 Å². The number of aryl methyl sites for hydroxylation is 1. The Labute approximate surface area is 148 Å². The van der Waals surface area contributed by atoms with E-state index in [4.69, 9.17) is 0 Å². The first-order valence-corrected chi connectivity index (χ1v) is 7.90. The van der Waals surface area contributed by atoms with Crippen LogP contribution in [0.5, 0.6) is 0 Å². The van der Waals surface area contributed by atoms with E-state index < -0.39 is 0 Å². The minimum atomic E-state index is -0.241. The van der Waals surface area contributed by atoms with Crippen molar-refractivity contribution in [2.75, 3.05) is 19.6 Å². The molecule has 3 heterocycles. The Morgan fingerprint density at radius 3 is 2.95 bits per heavy atom. The molecule has 3 rings (SSSR count). The molecule has 0 spiro atoms. The van der Waals surface area contributed by atoms with Crippen LogP contribution in [0, 0.1) is 0 Å². The molecule has 124 valence electrons. The predicted molar refractivity (Wildman–Crippen MR) is 95.4 cm³/mol. The molecule has 0 aliphatic carbocycles. The van der Waals surface area contributed by atoms with Gasteiger partial charge in [0, 0.05) is 32.6 Å². The van der Waals surface area contributed by atoms with Crippen molar-refractivity contribution in [1.29, 1.82) is 0 Å². The molecule has 7 nitrogen and oxygen atoms in total. The predicted octanol–water partition coefficient (Wildman–Crippen LogP) is 0.764. The lowest BCUT2D eigenvalue weighted by atomic mass is 10.2. The number of nitrogens with one attached hydrogen (secondary N) is 1. The molecule has 8 heteroatoms. The largest absolute Gasteiger partial charge is 0.391 e. The van der Waals surface area contributed by atoms with Crippen molar-refractivity contribution in [3.63, 3.8) is 0 Å². The van der Waals surface area contributed by atoms with Crippen molar-refractivity contribution in [2.24, 2.45) is 4.99 Å². The third kappa shape index (κ3) is 3.89. The normalized spacial score (nSPS) is 21.5. The van der Waals surface area contributed by atoms with Crippen LogP contribution >= 0.6 is 24.0 Å². The number of aliphatic hydroxyl groups is 1. The summed E-state index contributed by atoms with van der Waals surface area (Å²) in [4.78, 5) is 6.79. The van der Waals surface area contributed by atoms with Crippen molar-refractivity contribution in [3.8, 4) is 0 Å². The van der Waals surface area contributed by atoms with Crippen LogP contribution in [-0.4, -0.2) is 56.5 Å². The van der Waals surface area contributed by atoms with Gasteiger partial charge in [0.2, 0.25) is 0 Å². The number of likely N-dealkylation sites (tertiary alicyclic amines) is 1. The quantitative estimate of drug-likeness (QED) is 0.429. The van der Waals surface area contributed by atoms with Gasteiger partial charge in [-0.3, -0.25) is 0 Å². The van der Waals surface area contributed by atoms with Crippen molar-refractivity contribution < 1.29 is 5.11 Å². The highest BCUT2D eigenvalue weighted by molar-refractivity contribution is 14.0. The summed E-state index contributed by atoms with van der Waals surface area (Å²) in [5.41, 5.74) is 0. The molecule has 22 heavy (non-hydrogen) atoms. The number of aliphatic imine (C=N–C) groups is 1. The highest BCUT2D eigenvalue weighted by Crippen LogP contribution is 2.15. The first-order valence-electron chi connectivity index (χ1n) is 7.90. The van der Waals surface area contributed by atoms with E-state index in [1.807, 2.05) is 0 Å². The van der Waals surface area contributed by atoms with Gasteiger partial charge < -0.3 is 19.9 Å². The minimum absolute atomic E-state index is 0. The molecule has 0 saturated carbocycles. The molecule has 0 bridgehead atoms. The molecule has 1 aromatic rings. The maximum absolute atomic E-state index is 9.68. The van der Waals surface area contributed by atoms with Gasteiger partial charge in [0.1, 0.15) is 12.4 Å². The number of rotatable bonds is 3. The molecule has 1 aromatic heterocycles. The van der Waals surface area contributed by atoms with E-state index in [0.29, 0.717) is 13.1 Å². The summed E-state index contributed by atoms with van der Waals surface area (Å²) < 4.78 is 2.20. The lowest BCUT2D eigenvalue weighted by molar-refractivity contribution is 0.188. The van der Waals surface area contributed by atoms with E-state index in [2.05, 4.69) is 36.9 Å². The fraction of sp³-hybridized carbons (Fsp3) is 0.786. The molecule has 2 N–H and O–H groups in total. The molecule has 0 aromatic carbocycles. The number of halogens is 1. The van der Waals surface area contributed by atoms with Crippen LogP contribution in [0.4, 0.5) is 0 Å². The summed E-state index contributed by atoms with van der Waals surface area (Å²) >= 11 is 0. The Kier molecular flexibility index (Phi) is 6.42. The lowest BCUT2D eigenvalue weighted by Crippen LogP contribution is -2.40. The van der Waals surface area contributed by atoms with E-state index in [1.165, 1.54) is 12.8 Å². The fourth-order valence-electron chi connectivity index (χ4n) is 2.99. The third-order valence-corrected chi connectivity index (χ3v) is 4.10. The van der Waals surface area contributed by atoms with Crippen molar-refractivity contribution in [3.05, 3.63) is 11.6 Å². The van der Waals surface area contributed by atoms with Crippen LogP contribution in [0.1, 0.15) is 37.8 Å². The molecule has 2 aliphatic heterocycles. The van der Waals surface area contributed by atoms with Crippen LogP contribution in [0.25, 0.3) is 0 Å². The number of aliphatic hydroxyl groups excluding tert-OH is 1. The highest BCUT2D eigenvalue weighted by Gasteiger charge is 2.23. The molecule has 2 aliphatic rings. The number of aromatic nitrogens is 3. The third-order valence-electron chi connectivity index (χ3n) is 4.10. The van der Waals surface area contributed by atoms with Crippen LogP contribution in [0.15, 0.2) is 4.99 Å². The molecular formula is C14H25IN6O.